The van der Waals surface area contributed by atoms with Gasteiger partial charge in [0.2, 0.25) is 0 Å². The van der Waals surface area contributed by atoms with E-state index >= 15 is 0 Å². The molecule has 1 saturated carbocycles. The Balaban J connectivity index is 2.80. The predicted molar refractivity (Wildman–Crippen MR) is 61.1 cm³/mol. The second-order valence-electron chi connectivity index (χ2n) is 4.75. The molecule has 0 aromatic carbocycles. The first-order chi connectivity index (χ1) is 7.79. The van der Waals surface area contributed by atoms with E-state index in [2.05, 4.69) is 0 Å². The summed E-state index contributed by atoms with van der Waals surface area (Å²) >= 11 is 0. The molecule has 0 bridgehead atoms. The number of rotatable bonds is 3. The molecule has 16 heavy (non-hydrogen) atoms. The molecule has 1 unspecified atom stereocenters. The molecule has 90 valence electrons. The predicted octanol–water partition coefficient (Wildman–Crippen LogP) is 2.32. The van der Waals surface area contributed by atoms with Crippen LogP contribution in [0.25, 0.3) is 0 Å². The fourth-order valence-electron chi connectivity index (χ4n) is 2.47. The summed E-state index contributed by atoms with van der Waals surface area (Å²) in [5, 5.41) is 0. The Kier molecular flexibility index (Phi) is 5.36. The maximum absolute atomic E-state index is 11.2. The van der Waals surface area contributed by atoms with Crippen molar-refractivity contribution in [2.75, 3.05) is 0 Å². The van der Waals surface area contributed by atoms with Crippen LogP contribution in [0, 0.1) is 11.3 Å². The highest BCUT2D eigenvalue weighted by Crippen LogP contribution is 2.33. The Morgan fingerprint density at radius 3 is 1.94 bits per heavy atom. The van der Waals surface area contributed by atoms with Crippen LogP contribution in [-0.4, -0.2) is 18.9 Å². The first kappa shape index (κ1) is 13.1. The number of hydrogen-bond acceptors (Lipinski definition) is 3. The molecule has 0 N–H and O–H groups in total. The van der Waals surface area contributed by atoms with E-state index in [1.807, 2.05) is 0 Å². The molecule has 0 aliphatic heterocycles. The topological polar surface area (TPSA) is 51.2 Å². The first-order valence-corrected chi connectivity index (χ1v) is 6.17. The van der Waals surface area contributed by atoms with Crippen molar-refractivity contribution in [2.24, 2.45) is 11.3 Å². The number of carbonyl (C=O) groups is 3. The van der Waals surface area contributed by atoms with Gasteiger partial charge in [0.1, 0.15) is 18.9 Å². The maximum Gasteiger partial charge on any atom is 0.133 e. The van der Waals surface area contributed by atoms with Gasteiger partial charge in [-0.05, 0) is 12.8 Å². The SMILES string of the molecule is O=CC1CCCCCCCCC1(C=O)C=O. The van der Waals surface area contributed by atoms with E-state index in [0.29, 0.717) is 25.4 Å². The van der Waals surface area contributed by atoms with Crippen LogP contribution in [0.5, 0.6) is 0 Å². The quantitative estimate of drug-likeness (QED) is 0.546. The van der Waals surface area contributed by atoms with E-state index < -0.39 is 11.3 Å². The molecule has 0 aromatic rings. The summed E-state index contributed by atoms with van der Waals surface area (Å²) in [6, 6.07) is 0. The van der Waals surface area contributed by atoms with Gasteiger partial charge in [0.25, 0.3) is 0 Å². The van der Waals surface area contributed by atoms with Gasteiger partial charge in [0.15, 0.2) is 0 Å². The van der Waals surface area contributed by atoms with E-state index in [1.54, 1.807) is 0 Å². The van der Waals surface area contributed by atoms with Crippen LogP contribution in [0.1, 0.15) is 51.4 Å². The van der Waals surface area contributed by atoms with Crippen molar-refractivity contribution in [3.8, 4) is 0 Å². The van der Waals surface area contributed by atoms with Gasteiger partial charge in [-0.25, -0.2) is 0 Å². The second kappa shape index (κ2) is 6.56. The highest BCUT2D eigenvalue weighted by Gasteiger charge is 2.37. The van der Waals surface area contributed by atoms with Crippen LogP contribution in [0.2, 0.25) is 0 Å². The lowest BCUT2D eigenvalue weighted by atomic mass is 9.72. The Labute approximate surface area is 96.6 Å². The molecule has 1 fully saturated rings. The lowest BCUT2D eigenvalue weighted by Crippen LogP contribution is -2.35. The largest absolute Gasteiger partial charge is 0.303 e. The van der Waals surface area contributed by atoms with E-state index in [0.717, 1.165) is 32.0 Å². The molecule has 3 nitrogen and oxygen atoms in total. The Morgan fingerprint density at radius 1 is 0.812 bits per heavy atom. The van der Waals surface area contributed by atoms with E-state index in [1.165, 1.54) is 12.8 Å². The van der Waals surface area contributed by atoms with Crippen LogP contribution in [0.3, 0.4) is 0 Å². The normalized spacial score (nSPS) is 26.6. The third-order valence-corrected chi connectivity index (χ3v) is 3.67. The van der Waals surface area contributed by atoms with Crippen LogP contribution in [0.4, 0.5) is 0 Å². The minimum absolute atomic E-state index is 0.416. The molecule has 0 heterocycles. The van der Waals surface area contributed by atoms with E-state index in [4.69, 9.17) is 0 Å². The minimum atomic E-state index is -1.04. The molecule has 1 aliphatic rings. The average Bonchev–Trinajstić information content (AvgIpc) is 2.34. The van der Waals surface area contributed by atoms with Crippen molar-refractivity contribution < 1.29 is 14.4 Å². The molecule has 0 aromatic heterocycles. The maximum atomic E-state index is 11.2. The van der Waals surface area contributed by atoms with Gasteiger partial charge in [-0.3, -0.25) is 0 Å². The number of carbonyl (C=O) groups excluding carboxylic acids is 3. The average molecular weight is 224 g/mol. The fourth-order valence-corrected chi connectivity index (χ4v) is 2.47. The lowest BCUT2D eigenvalue weighted by molar-refractivity contribution is -0.135. The van der Waals surface area contributed by atoms with Crippen molar-refractivity contribution in [2.45, 2.75) is 51.4 Å². The highest BCUT2D eigenvalue weighted by atomic mass is 16.1. The summed E-state index contributed by atoms with van der Waals surface area (Å²) < 4.78 is 0. The molecule has 0 spiro atoms. The van der Waals surface area contributed by atoms with Crippen molar-refractivity contribution in [1.82, 2.24) is 0 Å². The Hall–Kier alpha value is -0.990. The van der Waals surface area contributed by atoms with Crippen molar-refractivity contribution in [1.29, 1.82) is 0 Å². The molecule has 3 heteroatoms. The molecular weight excluding hydrogens is 204 g/mol. The van der Waals surface area contributed by atoms with Crippen LogP contribution >= 0.6 is 0 Å². The second-order valence-corrected chi connectivity index (χ2v) is 4.75. The zero-order chi connectivity index (χ0) is 11.9. The Bertz CT molecular complexity index is 240. The number of hydrogen-bond donors (Lipinski definition) is 0. The van der Waals surface area contributed by atoms with Gasteiger partial charge in [-0.15, -0.1) is 0 Å². The van der Waals surface area contributed by atoms with Gasteiger partial charge in [-0.2, -0.15) is 0 Å². The zero-order valence-electron chi connectivity index (χ0n) is 9.69. The van der Waals surface area contributed by atoms with Crippen molar-refractivity contribution >= 4 is 18.9 Å². The minimum Gasteiger partial charge on any atom is -0.303 e. The molecule has 0 radical (unpaired) electrons. The van der Waals surface area contributed by atoms with Crippen LogP contribution in [-0.2, 0) is 14.4 Å². The molecule has 0 amide bonds. The standard InChI is InChI=1S/C13H20O3/c14-9-12-7-5-3-1-2-4-6-8-13(12,10-15)11-16/h9-12H,1-8H2. The lowest BCUT2D eigenvalue weighted by Gasteiger charge is -2.28. The molecule has 1 rings (SSSR count). The van der Waals surface area contributed by atoms with Crippen LogP contribution in [0.15, 0.2) is 0 Å². The summed E-state index contributed by atoms with van der Waals surface area (Å²) in [4.78, 5) is 33.3. The smallest absolute Gasteiger partial charge is 0.133 e. The van der Waals surface area contributed by atoms with Gasteiger partial charge >= 0.3 is 0 Å². The van der Waals surface area contributed by atoms with Gasteiger partial charge in [-0.1, -0.05) is 38.5 Å². The van der Waals surface area contributed by atoms with E-state index in [9.17, 15) is 14.4 Å². The Morgan fingerprint density at radius 2 is 1.38 bits per heavy atom. The van der Waals surface area contributed by atoms with Crippen LogP contribution < -0.4 is 0 Å². The zero-order valence-corrected chi connectivity index (χ0v) is 9.69. The highest BCUT2D eigenvalue weighted by molar-refractivity contribution is 5.88. The van der Waals surface area contributed by atoms with Gasteiger partial charge in [0.05, 0.1) is 5.41 Å². The molecule has 1 atom stereocenters. The molecule has 0 saturated heterocycles. The van der Waals surface area contributed by atoms with Crippen molar-refractivity contribution in [3.63, 3.8) is 0 Å². The van der Waals surface area contributed by atoms with Crippen molar-refractivity contribution in [3.05, 3.63) is 0 Å². The van der Waals surface area contributed by atoms with Gasteiger partial charge in [0, 0.05) is 5.92 Å². The summed E-state index contributed by atoms with van der Waals surface area (Å²) in [5.74, 6) is -0.416. The molecular formula is C13H20O3. The third-order valence-electron chi connectivity index (χ3n) is 3.67. The third kappa shape index (κ3) is 3.00. The molecule has 1 aliphatic carbocycles. The fraction of sp³-hybridized carbons (Fsp3) is 0.769. The summed E-state index contributed by atoms with van der Waals surface area (Å²) in [6.07, 6.45) is 9.69. The summed E-state index contributed by atoms with van der Waals surface area (Å²) in [6.45, 7) is 0. The van der Waals surface area contributed by atoms with E-state index in [-0.39, 0.29) is 0 Å². The summed E-state index contributed by atoms with van der Waals surface area (Å²) in [7, 11) is 0. The number of aldehydes is 3. The monoisotopic (exact) mass is 224 g/mol. The first-order valence-electron chi connectivity index (χ1n) is 6.17. The van der Waals surface area contributed by atoms with Gasteiger partial charge < -0.3 is 14.4 Å². The summed E-state index contributed by atoms with van der Waals surface area (Å²) in [5.41, 5.74) is -1.04.